The molecule has 2 heterocycles. The normalized spacial score (nSPS) is 10.9. The van der Waals surface area contributed by atoms with Gasteiger partial charge in [-0.2, -0.15) is 0 Å². The Hall–Kier alpha value is -3.54. The number of aromatic nitrogens is 3. The van der Waals surface area contributed by atoms with Gasteiger partial charge in [-0.15, -0.1) is 0 Å². The van der Waals surface area contributed by atoms with Crippen LogP contribution in [0.2, 0.25) is 0 Å². The fourth-order valence-corrected chi connectivity index (χ4v) is 3.06. The molecule has 1 amide bonds. The Morgan fingerprint density at radius 3 is 2.86 bits per heavy atom. The van der Waals surface area contributed by atoms with Gasteiger partial charge in [0.25, 0.3) is 0 Å². The molecule has 2 aromatic heterocycles. The van der Waals surface area contributed by atoms with E-state index in [1.54, 1.807) is 12.5 Å². The molecule has 142 valence electrons. The summed E-state index contributed by atoms with van der Waals surface area (Å²) in [6.07, 6.45) is 8.49. The molecule has 0 saturated carbocycles. The van der Waals surface area contributed by atoms with Crippen molar-refractivity contribution in [2.24, 2.45) is 0 Å². The zero-order valence-corrected chi connectivity index (χ0v) is 15.5. The van der Waals surface area contributed by atoms with Crippen LogP contribution in [-0.2, 0) is 17.8 Å². The number of H-pyrrole nitrogens is 1. The lowest BCUT2D eigenvalue weighted by molar-refractivity contribution is -0.116. The number of rotatable bonds is 8. The van der Waals surface area contributed by atoms with Crippen molar-refractivity contribution >= 4 is 22.5 Å². The summed E-state index contributed by atoms with van der Waals surface area (Å²) in [5, 5.41) is 4.11. The van der Waals surface area contributed by atoms with E-state index in [-0.39, 0.29) is 5.91 Å². The number of hydrogen-bond donors (Lipinski definition) is 2. The third kappa shape index (κ3) is 4.59. The third-order valence-corrected chi connectivity index (χ3v) is 4.57. The fraction of sp³-hybridized carbons (Fsp3) is 0.182. The van der Waals surface area contributed by atoms with Crippen LogP contribution in [0, 0.1) is 0 Å². The van der Waals surface area contributed by atoms with Crippen molar-refractivity contribution in [3.63, 3.8) is 0 Å². The second-order valence-corrected chi connectivity index (χ2v) is 6.62. The Balaban J connectivity index is 1.23. The maximum atomic E-state index is 12.2. The Morgan fingerprint density at radius 1 is 1.14 bits per heavy atom. The van der Waals surface area contributed by atoms with E-state index in [4.69, 9.17) is 4.74 Å². The van der Waals surface area contributed by atoms with Crippen molar-refractivity contribution in [1.29, 1.82) is 0 Å². The Labute approximate surface area is 163 Å². The zero-order valence-electron chi connectivity index (χ0n) is 15.5. The number of aromatic amines is 1. The quantitative estimate of drug-likeness (QED) is 0.489. The van der Waals surface area contributed by atoms with Gasteiger partial charge in [-0.25, -0.2) is 4.98 Å². The first kappa shape index (κ1) is 17.9. The number of benzene rings is 2. The highest BCUT2D eigenvalue weighted by Crippen LogP contribution is 2.18. The molecule has 0 aliphatic rings. The van der Waals surface area contributed by atoms with E-state index in [1.807, 2.05) is 53.4 Å². The number of carbonyl (C=O) groups excluding carboxylic acids is 1. The molecule has 2 aromatic carbocycles. The van der Waals surface area contributed by atoms with E-state index in [1.165, 1.54) is 5.39 Å². The van der Waals surface area contributed by atoms with Gasteiger partial charge in [0.2, 0.25) is 5.91 Å². The standard InChI is InChI=1S/C22H22N4O2/c27-22(8-2-17-1-7-21-18(15-17)9-10-24-21)25-19-3-5-20(6-4-19)28-14-13-26-12-11-23-16-26/h1,3-7,9-12,15-16,24H,2,8,13-14H2,(H,25,27). The lowest BCUT2D eigenvalue weighted by Gasteiger charge is -2.09. The number of anilines is 1. The molecule has 0 bridgehead atoms. The summed E-state index contributed by atoms with van der Waals surface area (Å²) in [5.74, 6) is 0.779. The van der Waals surface area contributed by atoms with Crippen molar-refractivity contribution in [3.05, 3.63) is 79.0 Å². The summed E-state index contributed by atoms with van der Waals surface area (Å²) in [6.45, 7) is 1.31. The zero-order chi connectivity index (χ0) is 19.2. The van der Waals surface area contributed by atoms with Crippen molar-refractivity contribution < 1.29 is 9.53 Å². The highest BCUT2D eigenvalue weighted by Gasteiger charge is 2.05. The lowest BCUT2D eigenvalue weighted by atomic mass is 10.1. The lowest BCUT2D eigenvalue weighted by Crippen LogP contribution is -2.12. The first-order valence-corrected chi connectivity index (χ1v) is 9.31. The van der Waals surface area contributed by atoms with Gasteiger partial charge in [0.05, 0.1) is 12.9 Å². The summed E-state index contributed by atoms with van der Waals surface area (Å²) in [7, 11) is 0. The number of carbonyl (C=O) groups is 1. The molecule has 6 nitrogen and oxygen atoms in total. The maximum absolute atomic E-state index is 12.2. The fourth-order valence-electron chi connectivity index (χ4n) is 3.06. The first-order valence-electron chi connectivity index (χ1n) is 9.31. The Morgan fingerprint density at radius 2 is 2.04 bits per heavy atom. The summed E-state index contributed by atoms with van der Waals surface area (Å²) in [6, 6.07) is 15.7. The van der Waals surface area contributed by atoms with Crippen LogP contribution in [0.25, 0.3) is 10.9 Å². The summed E-state index contributed by atoms with van der Waals surface area (Å²) in [4.78, 5) is 19.4. The molecule has 0 fully saturated rings. The van der Waals surface area contributed by atoms with Crippen LogP contribution in [0.5, 0.6) is 5.75 Å². The smallest absolute Gasteiger partial charge is 0.224 e. The monoisotopic (exact) mass is 374 g/mol. The summed E-state index contributed by atoms with van der Waals surface area (Å²) < 4.78 is 7.67. The van der Waals surface area contributed by atoms with E-state index < -0.39 is 0 Å². The highest BCUT2D eigenvalue weighted by atomic mass is 16.5. The molecule has 0 atom stereocenters. The topological polar surface area (TPSA) is 71.9 Å². The van der Waals surface area contributed by atoms with Crippen LogP contribution in [0.15, 0.2) is 73.4 Å². The molecule has 4 aromatic rings. The van der Waals surface area contributed by atoms with Crippen molar-refractivity contribution in [3.8, 4) is 5.75 Å². The van der Waals surface area contributed by atoms with Gasteiger partial charge in [-0.3, -0.25) is 4.79 Å². The predicted octanol–water partition coefficient (Wildman–Crippen LogP) is 4.01. The Bertz CT molecular complexity index is 1040. The van der Waals surface area contributed by atoms with E-state index in [9.17, 15) is 4.79 Å². The van der Waals surface area contributed by atoms with Crippen LogP contribution in [0.1, 0.15) is 12.0 Å². The van der Waals surface area contributed by atoms with E-state index in [2.05, 4.69) is 27.4 Å². The number of amides is 1. The number of imidazole rings is 1. The van der Waals surface area contributed by atoms with Gasteiger partial charge in [0.1, 0.15) is 12.4 Å². The van der Waals surface area contributed by atoms with E-state index in [0.29, 0.717) is 19.4 Å². The summed E-state index contributed by atoms with van der Waals surface area (Å²) >= 11 is 0. The number of nitrogens with one attached hydrogen (secondary N) is 2. The average molecular weight is 374 g/mol. The van der Waals surface area contributed by atoms with Crippen LogP contribution in [0.3, 0.4) is 0 Å². The molecule has 6 heteroatoms. The van der Waals surface area contributed by atoms with Gasteiger partial charge in [0.15, 0.2) is 0 Å². The van der Waals surface area contributed by atoms with Gasteiger partial charge >= 0.3 is 0 Å². The minimum Gasteiger partial charge on any atom is -0.492 e. The second kappa shape index (κ2) is 8.43. The summed E-state index contributed by atoms with van der Waals surface area (Å²) in [5.41, 5.74) is 3.04. The molecule has 2 N–H and O–H groups in total. The molecule has 0 aliphatic heterocycles. The molecule has 0 spiro atoms. The van der Waals surface area contributed by atoms with Gasteiger partial charge < -0.3 is 19.6 Å². The van der Waals surface area contributed by atoms with Crippen LogP contribution in [0.4, 0.5) is 5.69 Å². The maximum Gasteiger partial charge on any atom is 0.224 e. The van der Waals surface area contributed by atoms with Crippen LogP contribution < -0.4 is 10.1 Å². The molecule has 28 heavy (non-hydrogen) atoms. The van der Waals surface area contributed by atoms with Gasteiger partial charge in [-0.05, 0) is 59.8 Å². The molecule has 0 radical (unpaired) electrons. The van der Waals surface area contributed by atoms with E-state index >= 15 is 0 Å². The van der Waals surface area contributed by atoms with Crippen LogP contribution >= 0.6 is 0 Å². The predicted molar refractivity (Wildman–Crippen MR) is 109 cm³/mol. The number of ether oxygens (including phenoxy) is 1. The van der Waals surface area contributed by atoms with Crippen LogP contribution in [-0.4, -0.2) is 27.0 Å². The minimum atomic E-state index is 0.00272. The molecule has 4 rings (SSSR count). The van der Waals surface area contributed by atoms with Crippen molar-refractivity contribution in [1.82, 2.24) is 14.5 Å². The van der Waals surface area contributed by atoms with Gasteiger partial charge in [-0.1, -0.05) is 6.07 Å². The highest BCUT2D eigenvalue weighted by molar-refractivity contribution is 5.91. The van der Waals surface area contributed by atoms with E-state index in [0.717, 1.165) is 29.1 Å². The largest absolute Gasteiger partial charge is 0.492 e. The molecule has 0 saturated heterocycles. The van der Waals surface area contributed by atoms with Crippen molar-refractivity contribution in [2.75, 3.05) is 11.9 Å². The SMILES string of the molecule is O=C(CCc1ccc2[nH]ccc2c1)Nc1ccc(OCCn2ccnc2)cc1. The number of fused-ring (bicyclic) bond motifs is 1. The van der Waals surface area contributed by atoms with Crippen molar-refractivity contribution in [2.45, 2.75) is 19.4 Å². The molecular formula is C22H22N4O2. The van der Waals surface area contributed by atoms with Gasteiger partial charge in [0, 0.05) is 36.2 Å². The minimum absolute atomic E-state index is 0.00272. The molecular weight excluding hydrogens is 352 g/mol. The number of aryl methyl sites for hydroxylation is 1. The molecule has 0 unspecified atom stereocenters. The molecule has 0 aliphatic carbocycles. The third-order valence-electron chi connectivity index (χ3n) is 4.57. The number of hydrogen-bond acceptors (Lipinski definition) is 3. The number of nitrogens with zero attached hydrogens (tertiary/aromatic N) is 2. The average Bonchev–Trinajstić information content (AvgIpc) is 3.39. The first-order chi connectivity index (χ1) is 13.8. The second-order valence-electron chi connectivity index (χ2n) is 6.62. The Kier molecular flexibility index (Phi) is 5.38.